The second-order valence-electron chi connectivity index (χ2n) is 15.3. The number of hydrogen-bond acceptors (Lipinski definition) is 3. The predicted molar refractivity (Wildman–Crippen MR) is 252 cm³/mol. The molecule has 2 heterocycles. The summed E-state index contributed by atoms with van der Waals surface area (Å²) in [6.07, 6.45) is 0. The van der Waals surface area contributed by atoms with Gasteiger partial charge in [0.15, 0.2) is 5.82 Å². The van der Waals surface area contributed by atoms with Crippen LogP contribution in [0.25, 0.3) is 106 Å². The van der Waals surface area contributed by atoms with Crippen LogP contribution in [0.2, 0.25) is 0 Å². The Hall–Kier alpha value is -8.21. The molecular weight excluding hydrogens is 741 g/mol. The molecule has 0 atom stereocenters. The van der Waals surface area contributed by atoms with E-state index >= 15 is 0 Å². The monoisotopic (exact) mass is 778 g/mol. The topological polar surface area (TPSA) is 43.6 Å². The summed E-state index contributed by atoms with van der Waals surface area (Å²) in [6, 6.07) is 80.9. The number of fused-ring (bicyclic) bond motifs is 3. The summed E-state index contributed by atoms with van der Waals surface area (Å²) in [5.41, 5.74) is 15.8. The summed E-state index contributed by atoms with van der Waals surface area (Å²) >= 11 is 0. The molecule has 0 bridgehead atoms. The van der Waals surface area contributed by atoms with Crippen LogP contribution in [0.5, 0.6) is 0 Å². The highest BCUT2D eigenvalue weighted by Crippen LogP contribution is 2.42. The summed E-state index contributed by atoms with van der Waals surface area (Å²) in [5.74, 6) is 0.681. The van der Waals surface area contributed by atoms with Gasteiger partial charge >= 0.3 is 0 Å². The van der Waals surface area contributed by atoms with E-state index < -0.39 is 0 Å². The maximum atomic E-state index is 5.35. The first-order valence-electron chi connectivity index (χ1n) is 20.6. The molecule has 2 aromatic heterocycles. The van der Waals surface area contributed by atoms with Gasteiger partial charge in [-0.05, 0) is 63.0 Å². The zero-order valence-electron chi connectivity index (χ0n) is 33.2. The van der Waals surface area contributed by atoms with Gasteiger partial charge in [0.1, 0.15) is 5.69 Å². The molecule has 0 saturated heterocycles. The van der Waals surface area contributed by atoms with Crippen LogP contribution in [0, 0.1) is 0 Å². The third-order valence-corrected chi connectivity index (χ3v) is 11.5. The van der Waals surface area contributed by atoms with E-state index in [-0.39, 0.29) is 0 Å². The molecule has 4 heteroatoms. The van der Waals surface area contributed by atoms with Gasteiger partial charge in [0.05, 0.1) is 22.6 Å². The molecule has 0 N–H and O–H groups in total. The molecular formula is C57H38N4. The maximum absolute atomic E-state index is 5.35. The van der Waals surface area contributed by atoms with Crippen molar-refractivity contribution in [3.8, 4) is 84.2 Å². The first kappa shape index (κ1) is 35.9. The van der Waals surface area contributed by atoms with Gasteiger partial charge in [-0.15, -0.1) is 0 Å². The first-order valence-corrected chi connectivity index (χ1v) is 20.6. The quantitative estimate of drug-likeness (QED) is 0.154. The Labute approximate surface area is 354 Å². The fourth-order valence-electron chi connectivity index (χ4n) is 8.37. The highest BCUT2D eigenvalue weighted by molar-refractivity contribution is 6.17. The number of benzene rings is 9. The van der Waals surface area contributed by atoms with Crippen LogP contribution >= 0.6 is 0 Å². The second-order valence-corrected chi connectivity index (χ2v) is 15.3. The minimum absolute atomic E-state index is 0.681. The van der Waals surface area contributed by atoms with Crippen molar-refractivity contribution >= 4 is 21.7 Å². The maximum Gasteiger partial charge on any atom is 0.160 e. The average Bonchev–Trinajstić information content (AvgIpc) is 3.76. The Morgan fingerprint density at radius 1 is 0.328 bits per heavy atom. The summed E-state index contributed by atoms with van der Waals surface area (Å²) < 4.78 is 2.11. The Morgan fingerprint density at radius 3 is 1.31 bits per heavy atom. The van der Waals surface area contributed by atoms with Crippen molar-refractivity contribution in [2.45, 2.75) is 0 Å². The molecule has 0 aliphatic heterocycles. The molecule has 286 valence electrons. The van der Waals surface area contributed by atoms with Crippen LogP contribution < -0.4 is 0 Å². The number of nitrogens with zero attached hydrogens (tertiary/aromatic N) is 4. The van der Waals surface area contributed by atoms with Crippen LogP contribution in [0.15, 0.2) is 231 Å². The van der Waals surface area contributed by atoms with Gasteiger partial charge < -0.3 is 0 Å². The third kappa shape index (κ3) is 6.86. The minimum atomic E-state index is 0.681. The van der Waals surface area contributed by atoms with E-state index in [4.69, 9.17) is 15.1 Å². The number of hydrogen-bond donors (Lipinski definition) is 0. The van der Waals surface area contributed by atoms with Crippen LogP contribution in [-0.4, -0.2) is 19.7 Å². The number of para-hydroxylation sites is 1. The Bertz CT molecular complexity index is 3190. The van der Waals surface area contributed by atoms with Gasteiger partial charge in [0, 0.05) is 33.0 Å². The average molecular weight is 779 g/mol. The standard InChI is InChI=1S/C57H38N4/c1-5-15-39(16-6-1)41-25-31-44(32-26-41)52-38-53(59-57(58-52)47-35-27-42(28-36-47)40-17-7-2-8-18-40)45-33-29-43(30-34-45)51-37-48-21-13-14-24-50(48)56-54(51)55(46-19-9-3-10-20-46)60-61(56)49-22-11-4-12-23-49/h1-38H. The molecule has 0 radical (unpaired) electrons. The Balaban J connectivity index is 1.05. The molecule has 0 aliphatic rings. The molecule has 9 aromatic carbocycles. The van der Waals surface area contributed by atoms with Gasteiger partial charge in [0.2, 0.25) is 0 Å². The number of rotatable bonds is 8. The van der Waals surface area contributed by atoms with Crippen molar-refractivity contribution in [3.63, 3.8) is 0 Å². The smallest absolute Gasteiger partial charge is 0.160 e. The molecule has 0 fully saturated rings. The largest absolute Gasteiger partial charge is 0.232 e. The van der Waals surface area contributed by atoms with Gasteiger partial charge in [0.25, 0.3) is 0 Å². The van der Waals surface area contributed by atoms with Crippen molar-refractivity contribution < 1.29 is 0 Å². The lowest BCUT2D eigenvalue weighted by Crippen LogP contribution is -1.97. The normalized spacial score (nSPS) is 11.3. The summed E-state index contributed by atoms with van der Waals surface area (Å²) in [4.78, 5) is 10.4. The molecule has 11 rings (SSSR count). The molecule has 11 aromatic rings. The molecule has 0 amide bonds. The summed E-state index contributed by atoms with van der Waals surface area (Å²) in [5, 5.41) is 8.79. The molecule has 61 heavy (non-hydrogen) atoms. The van der Waals surface area contributed by atoms with Crippen molar-refractivity contribution in [3.05, 3.63) is 231 Å². The highest BCUT2D eigenvalue weighted by atomic mass is 15.3. The molecule has 0 spiro atoms. The van der Waals surface area contributed by atoms with E-state index in [1.807, 2.05) is 18.2 Å². The van der Waals surface area contributed by atoms with Crippen molar-refractivity contribution in [1.29, 1.82) is 0 Å². The lowest BCUT2D eigenvalue weighted by atomic mass is 9.93. The number of aromatic nitrogens is 4. The lowest BCUT2D eigenvalue weighted by molar-refractivity contribution is 0.918. The van der Waals surface area contributed by atoms with E-state index in [1.165, 1.54) is 16.7 Å². The molecule has 0 unspecified atom stereocenters. The fraction of sp³-hybridized carbons (Fsp3) is 0. The second kappa shape index (κ2) is 15.5. The predicted octanol–water partition coefficient (Wildman–Crippen LogP) is 14.6. The third-order valence-electron chi connectivity index (χ3n) is 11.5. The minimum Gasteiger partial charge on any atom is -0.232 e. The van der Waals surface area contributed by atoms with E-state index in [0.717, 1.165) is 83.4 Å². The Kier molecular flexibility index (Phi) is 9.14. The van der Waals surface area contributed by atoms with Crippen LogP contribution in [-0.2, 0) is 0 Å². The summed E-state index contributed by atoms with van der Waals surface area (Å²) in [6.45, 7) is 0. The zero-order chi connectivity index (χ0) is 40.5. The first-order chi connectivity index (χ1) is 30.2. The lowest BCUT2D eigenvalue weighted by Gasteiger charge is -2.13. The van der Waals surface area contributed by atoms with E-state index in [2.05, 4.69) is 217 Å². The van der Waals surface area contributed by atoms with Crippen LogP contribution in [0.4, 0.5) is 0 Å². The van der Waals surface area contributed by atoms with Gasteiger partial charge in [-0.2, -0.15) is 5.10 Å². The van der Waals surface area contributed by atoms with Gasteiger partial charge in [-0.1, -0.05) is 206 Å². The SMILES string of the molecule is c1ccc(-c2ccc(-c3cc(-c4ccc(-c5cc6ccccc6c6c5c(-c5ccccc5)nn6-c5ccccc5)cc4)nc(-c4ccc(-c5ccccc5)cc4)n3)cc2)cc1. The van der Waals surface area contributed by atoms with E-state index in [1.54, 1.807) is 0 Å². The van der Waals surface area contributed by atoms with Crippen LogP contribution in [0.1, 0.15) is 0 Å². The van der Waals surface area contributed by atoms with Crippen molar-refractivity contribution in [2.75, 3.05) is 0 Å². The van der Waals surface area contributed by atoms with Crippen LogP contribution in [0.3, 0.4) is 0 Å². The van der Waals surface area contributed by atoms with Gasteiger partial charge in [-0.3, -0.25) is 0 Å². The molecule has 0 saturated carbocycles. The van der Waals surface area contributed by atoms with Crippen molar-refractivity contribution in [2.24, 2.45) is 0 Å². The highest BCUT2D eigenvalue weighted by Gasteiger charge is 2.21. The van der Waals surface area contributed by atoms with E-state index in [0.29, 0.717) is 5.82 Å². The van der Waals surface area contributed by atoms with Gasteiger partial charge in [-0.25, -0.2) is 14.6 Å². The molecule has 4 nitrogen and oxygen atoms in total. The van der Waals surface area contributed by atoms with Crippen molar-refractivity contribution in [1.82, 2.24) is 19.7 Å². The Morgan fingerprint density at radius 2 is 0.754 bits per heavy atom. The fourth-order valence-corrected chi connectivity index (χ4v) is 8.37. The zero-order valence-corrected chi connectivity index (χ0v) is 33.2. The summed E-state index contributed by atoms with van der Waals surface area (Å²) in [7, 11) is 0. The van der Waals surface area contributed by atoms with E-state index in [9.17, 15) is 0 Å². The molecule has 0 aliphatic carbocycles.